The van der Waals surface area contributed by atoms with Crippen LogP contribution in [0.3, 0.4) is 0 Å². The maximum absolute atomic E-state index is 11.7. The fraction of sp³-hybridized carbons (Fsp3) is 0.154. The molecule has 2 N–H and O–H groups in total. The molecule has 0 saturated carbocycles. The fourth-order valence-electron chi connectivity index (χ4n) is 2.03. The smallest absolute Gasteiger partial charge is 0.290 e. The first-order chi connectivity index (χ1) is 10.6. The van der Waals surface area contributed by atoms with Gasteiger partial charge in [-0.3, -0.25) is 9.59 Å². The summed E-state index contributed by atoms with van der Waals surface area (Å²) >= 11 is 0. The van der Waals surface area contributed by atoms with Crippen molar-refractivity contribution in [2.75, 3.05) is 7.11 Å². The molecule has 22 heavy (non-hydrogen) atoms. The van der Waals surface area contributed by atoms with Crippen molar-refractivity contribution in [2.24, 2.45) is 0 Å². The lowest BCUT2D eigenvalue weighted by Crippen LogP contribution is -2.01. The van der Waals surface area contributed by atoms with Crippen molar-refractivity contribution in [3.63, 3.8) is 0 Å². The van der Waals surface area contributed by atoms with E-state index in [0.717, 1.165) is 0 Å². The van der Waals surface area contributed by atoms with Crippen molar-refractivity contribution in [1.29, 1.82) is 0 Å². The molecule has 0 spiro atoms. The van der Waals surface area contributed by atoms with Crippen molar-refractivity contribution in [1.82, 2.24) is 24.7 Å². The van der Waals surface area contributed by atoms with Crippen LogP contribution >= 0.6 is 0 Å². The van der Waals surface area contributed by atoms with E-state index in [1.54, 1.807) is 25.8 Å². The van der Waals surface area contributed by atoms with Crippen LogP contribution in [0.1, 0.15) is 17.3 Å². The number of Topliss-reactive ketones (excluding diaryl/α,β-unsaturated/α-hetero) is 1. The number of carbonyl (C=O) groups excluding carboxylic acids is 1. The number of hydrogen-bond acceptors (Lipinski definition) is 6. The van der Waals surface area contributed by atoms with Gasteiger partial charge in [-0.25, -0.2) is 14.6 Å². The zero-order chi connectivity index (χ0) is 16.1. The highest BCUT2D eigenvalue weighted by molar-refractivity contribution is 6.10. The molecule has 9 nitrogen and oxygen atoms in total. The Morgan fingerprint density at radius 1 is 1.50 bits per heavy atom. The van der Waals surface area contributed by atoms with Crippen LogP contribution in [0.15, 0.2) is 25.0 Å². The predicted octanol–water partition coefficient (Wildman–Crippen LogP) is 1.06. The molecule has 0 amide bonds. The van der Waals surface area contributed by atoms with Crippen molar-refractivity contribution >= 4 is 23.2 Å². The third kappa shape index (κ3) is 2.64. The summed E-state index contributed by atoms with van der Waals surface area (Å²) in [4.78, 5) is 31.2. The largest absolute Gasteiger partial charge is 0.494 e. The molecule has 0 saturated heterocycles. The Morgan fingerprint density at radius 3 is 2.77 bits per heavy atom. The van der Waals surface area contributed by atoms with Gasteiger partial charge in [-0.05, 0) is 6.92 Å². The summed E-state index contributed by atoms with van der Waals surface area (Å²) < 4.78 is 6.80. The molecule has 0 bridgehead atoms. The molecule has 0 atom stereocenters. The second-order valence-corrected chi connectivity index (χ2v) is 4.10. The van der Waals surface area contributed by atoms with E-state index in [1.165, 1.54) is 17.9 Å². The summed E-state index contributed by atoms with van der Waals surface area (Å²) in [5.74, 6) is 1.08. The highest BCUT2D eigenvalue weighted by atomic mass is 16.5. The van der Waals surface area contributed by atoms with E-state index >= 15 is 0 Å². The minimum atomic E-state index is -0.250. The fourth-order valence-corrected chi connectivity index (χ4v) is 2.03. The number of methoxy groups -OCH3 is 1. The van der Waals surface area contributed by atoms with Crippen LogP contribution in [0, 0.1) is 0 Å². The Kier molecular flexibility index (Phi) is 4.47. The third-order valence-corrected chi connectivity index (χ3v) is 2.89. The lowest BCUT2D eigenvalue weighted by molar-refractivity contribution is -0.122. The van der Waals surface area contributed by atoms with Gasteiger partial charge in [-0.1, -0.05) is 0 Å². The van der Waals surface area contributed by atoms with E-state index in [2.05, 4.69) is 20.1 Å². The van der Waals surface area contributed by atoms with Crippen LogP contribution in [0.5, 0.6) is 5.75 Å². The number of aromatic amines is 1. The van der Waals surface area contributed by atoms with Gasteiger partial charge in [0.15, 0.2) is 11.6 Å². The van der Waals surface area contributed by atoms with Crippen LogP contribution in [0.25, 0.3) is 16.7 Å². The lowest BCUT2D eigenvalue weighted by atomic mass is 10.1. The third-order valence-electron chi connectivity index (χ3n) is 2.89. The molecule has 0 aromatic carbocycles. The Morgan fingerprint density at radius 2 is 2.23 bits per heavy atom. The van der Waals surface area contributed by atoms with Crippen molar-refractivity contribution in [2.45, 2.75) is 6.92 Å². The lowest BCUT2D eigenvalue weighted by Gasteiger charge is -2.06. The minimum absolute atomic E-state index is 0.0414. The molecule has 3 rings (SSSR count). The molecular formula is C13H13N5O4. The number of ether oxygens (including phenoxy) is 1. The number of hydrogen-bond donors (Lipinski definition) is 2. The van der Waals surface area contributed by atoms with Gasteiger partial charge in [0.25, 0.3) is 6.47 Å². The van der Waals surface area contributed by atoms with Crippen molar-refractivity contribution in [3.8, 4) is 11.6 Å². The number of H-pyrrole nitrogens is 1. The summed E-state index contributed by atoms with van der Waals surface area (Å²) in [5, 5.41) is 11.6. The van der Waals surface area contributed by atoms with Gasteiger partial charge in [0, 0.05) is 11.8 Å². The normalized spacial score (nSPS) is 9.91. The zero-order valence-corrected chi connectivity index (χ0v) is 11.8. The second kappa shape index (κ2) is 6.48. The maximum atomic E-state index is 11.7. The van der Waals surface area contributed by atoms with Crippen LogP contribution < -0.4 is 4.74 Å². The van der Waals surface area contributed by atoms with Gasteiger partial charge in [0.05, 0.1) is 24.2 Å². The Labute approximate surface area is 124 Å². The SMILES string of the molecule is COc1cnc(-n2cncn2)c2[nH]cc(C(C)=O)c12.O=CO. The van der Waals surface area contributed by atoms with E-state index in [1.807, 2.05) is 0 Å². The van der Waals surface area contributed by atoms with E-state index in [-0.39, 0.29) is 12.3 Å². The number of nitrogens with one attached hydrogen (secondary N) is 1. The molecule has 0 aliphatic rings. The number of aromatic nitrogens is 5. The molecular weight excluding hydrogens is 290 g/mol. The van der Waals surface area contributed by atoms with Crippen molar-refractivity contribution in [3.05, 3.63) is 30.6 Å². The molecule has 114 valence electrons. The molecule has 3 aromatic rings. The Bertz CT molecular complexity index is 794. The van der Waals surface area contributed by atoms with Gasteiger partial charge in [0.2, 0.25) is 0 Å². The van der Waals surface area contributed by atoms with Gasteiger partial charge in [-0.2, -0.15) is 5.10 Å². The van der Waals surface area contributed by atoms with E-state index in [0.29, 0.717) is 28.0 Å². The molecule has 0 radical (unpaired) electrons. The van der Waals surface area contributed by atoms with Crippen molar-refractivity contribution < 1.29 is 19.4 Å². The first-order valence-corrected chi connectivity index (χ1v) is 6.11. The molecule has 0 fully saturated rings. The Hall–Kier alpha value is -3.23. The first kappa shape index (κ1) is 15.2. The van der Waals surface area contributed by atoms with Gasteiger partial charge in [-0.15, -0.1) is 0 Å². The second-order valence-electron chi connectivity index (χ2n) is 4.10. The van der Waals surface area contributed by atoms with Crippen LogP contribution in [0.2, 0.25) is 0 Å². The quantitative estimate of drug-likeness (QED) is 0.547. The van der Waals surface area contributed by atoms with E-state index in [4.69, 9.17) is 14.6 Å². The number of carboxylic acid groups (broad SMARTS) is 1. The van der Waals surface area contributed by atoms with Gasteiger partial charge >= 0.3 is 0 Å². The minimum Gasteiger partial charge on any atom is -0.494 e. The summed E-state index contributed by atoms with van der Waals surface area (Å²) in [6.45, 7) is 1.26. The molecule has 0 aliphatic heterocycles. The summed E-state index contributed by atoms with van der Waals surface area (Å²) in [7, 11) is 1.54. The topological polar surface area (TPSA) is 123 Å². The van der Waals surface area contributed by atoms with Crippen LogP contribution in [-0.2, 0) is 4.79 Å². The molecule has 0 aliphatic carbocycles. The number of ketones is 1. The Balaban J connectivity index is 0.000000545. The highest BCUT2D eigenvalue weighted by Crippen LogP contribution is 2.31. The summed E-state index contributed by atoms with van der Waals surface area (Å²) in [6, 6.07) is 0. The maximum Gasteiger partial charge on any atom is 0.290 e. The summed E-state index contributed by atoms with van der Waals surface area (Å²) in [5.41, 5.74) is 1.26. The average molecular weight is 303 g/mol. The zero-order valence-electron chi connectivity index (χ0n) is 11.8. The van der Waals surface area contributed by atoms with Crippen LogP contribution in [0.4, 0.5) is 0 Å². The standard InChI is InChI=1S/C12H11N5O2.CH2O2/c1-7(18)8-3-14-11-10(8)9(19-2)4-15-12(11)17-6-13-5-16-17;2-1-3/h3-6,14H,1-2H3;1H,(H,2,3). The number of rotatable bonds is 3. The molecule has 3 heterocycles. The van der Waals surface area contributed by atoms with E-state index in [9.17, 15) is 4.79 Å². The molecule has 9 heteroatoms. The first-order valence-electron chi connectivity index (χ1n) is 6.11. The molecule has 0 unspecified atom stereocenters. The number of nitrogens with zero attached hydrogens (tertiary/aromatic N) is 4. The number of carbonyl (C=O) groups is 2. The number of fused-ring (bicyclic) bond motifs is 1. The highest BCUT2D eigenvalue weighted by Gasteiger charge is 2.17. The predicted molar refractivity (Wildman–Crippen MR) is 76.3 cm³/mol. The van der Waals surface area contributed by atoms with Gasteiger partial charge < -0.3 is 14.8 Å². The van der Waals surface area contributed by atoms with Crippen LogP contribution in [-0.4, -0.2) is 49.2 Å². The van der Waals surface area contributed by atoms with E-state index < -0.39 is 0 Å². The molecule has 3 aromatic heterocycles. The summed E-state index contributed by atoms with van der Waals surface area (Å²) in [6.07, 6.45) is 6.19. The number of pyridine rings is 1. The monoisotopic (exact) mass is 303 g/mol. The van der Waals surface area contributed by atoms with Gasteiger partial charge in [0.1, 0.15) is 18.4 Å². The average Bonchev–Trinajstić information content (AvgIpc) is 3.16.